The fourth-order valence-electron chi connectivity index (χ4n) is 2.71. The molecule has 0 aliphatic heterocycles. The van der Waals surface area contributed by atoms with Gasteiger partial charge in [0, 0.05) is 11.6 Å². The molecule has 2 fully saturated rings. The average Bonchev–Trinajstić information content (AvgIpc) is 3.02. The van der Waals surface area contributed by atoms with Crippen molar-refractivity contribution in [2.45, 2.75) is 42.8 Å². The molecule has 2 aliphatic rings. The van der Waals surface area contributed by atoms with Gasteiger partial charge in [-0.05, 0) is 50.8 Å². The van der Waals surface area contributed by atoms with E-state index in [1.807, 2.05) is 38.1 Å². The van der Waals surface area contributed by atoms with Gasteiger partial charge in [-0.1, -0.05) is 50.4 Å². The number of hydrogen-bond acceptors (Lipinski definition) is 3. The molecule has 0 radical (unpaired) electrons. The number of anilines is 1. The number of hydrogen-bond donors (Lipinski definition) is 2. The van der Waals surface area contributed by atoms with Gasteiger partial charge in [-0.15, -0.1) is 0 Å². The van der Waals surface area contributed by atoms with E-state index in [1.54, 1.807) is 0 Å². The van der Waals surface area contributed by atoms with Gasteiger partial charge in [-0.25, -0.2) is 5.43 Å². The zero-order chi connectivity index (χ0) is 18.2. The first kappa shape index (κ1) is 18.6. The highest BCUT2D eigenvalue weighted by Gasteiger charge is 2.66. The summed E-state index contributed by atoms with van der Waals surface area (Å²) >= 11 is 6.97. The lowest BCUT2D eigenvalue weighted by molar-refractivity contribution is -0.125. The molecule has 0 unspecified atom stereocenters. The summed E-state index contributed by atoms with van der Waals surface area (Å²) < 4.78 is -0.341. The van der Waals surface area contributed by atoms with Crippen molar-refractivity contribution in [3.05, 3.63) is 29.8 Å². The topological polar surface area (TPSA) is 70.6 Å². The second kappa shape index (κ2) is 6.83. The fourth-order valence-corrected chi connectivity index (χ4v) is 4.19. The van der Waals surface area contributed by atoms with Crippen LogP contribution in [0.1, 0.15) is 45.1 Å². The SMILES string of the molecule is C/C(=N/NC(=O)[C@@]1(C)CC1(Br)Br)c1cccc(NC(=O)C2CCC2)c1. The van der Waals surface area contributed by atoms with Crippen LogP contribution in [0.2, 0.25) is 0 Å². The number of amides is 2. The molecule has 25 heavy (non-hydrogen) atoms. The summed E-state index contributed by atoms with van der Waals surface area (Å²) in [5, 5.41) is 7.17. The van der Waals surface area contributed by atoms with Crippen LogP contribution in [0.15, 0.2) is 29.4 Å². The Morgan fingerprint density at radius 1 is 1.28 bits per heavy atom. The molecule has 1 atom stereocenters. The molecule has 1 aromatic rings. The van der Waals surface area contributed by atoms with Crippen molar-refractivity contribution in [1.29, 1.82) is 0 Å². The molecule has 0 spiro atoms. The van der Waals surface area contributed by atoms with Gasteiger partial charge in [-0.3, -0.25) is 9.59 Å². The Labute approximate surface area is 164 Å². The quantitative estimate of drug-likeness (QED) is 0.385. The maximum atomic E-state index is 12.3. The van der Waals surface area contributed by atoms with Crippen molar-refractivity contribution < 1.29 is 9.59 Å². The van der Waals surface area contributed by atoms with E-state index < -0.39 is 5.41 Å². The molecular formula is C18H21Br2N3O2. The highest BCUT2D eigenvalue weighted by Crippen LogP contribution is 2.66. The van der Waals surface area contributed by atoms with Crippen molar-refractivity contribution in [1.82, 2.24) is 5.43 Å². The Kier molecular flexibility index (Phi) is 5.08. The number of halogens is 2. The molecular weight excluding hydrogens is 450 g/mol. The molecule has 0 bridgehead atoms. The van der Waals surface area contributed by atoms with Crippen molar-refractivity contribution in [3.8, 4) is 0 Å². The van der Waals surface area contributed by atoms with Crippen LogP contribution < -0.4 is 10.7 Å². The van der Waals surface area contributed by atoms with Crippen molar-refractivity contribution in [2.24, 2.45) is 16.4 Å². The maximum absolute atomic E-state index is 12.3. The third kappa shape index (κ3) is 3.82. The van der Waals surface area contributed by atoms with Crippen LogP contribution in [0.4, 0.5) is 5.69 Å². The van der Waals surface area contributed by atoms with Crippen LogP contribution in [-0.4, -0.2) is 20.8 Å². The Balaban J connectivity index is 1.63. The molecule has 134 valence electrons. The minimum Gasteiger partial charge on any atom is -0.326 e. The van der Waals surface area contributed by atoms with E-state index in [9.17, 15) is 9.59 Å². The van der Waals surface area contributed by atoms with E-state index in [0.29, 0.717) is 12.1 Å². The number of carbonyl (C=O) groups is 2. The average molecular weight is 471 g/mol. The largest absolute Gasteiger partial charge is 0.326 e. The van der Waals surface area contributed by atoms with Crippen LogP contribution in [0, 0.1) is 11.3 Å². The predicted molar refractivity (Wildman–Crippen MR) is 106 cm³/mol. The van der Waals surface area contributed by atoms with Gasteiger partial charge in [0.05, 0.1) is 14.4 Å². The Bertz CT molecular complexity index is 744. The first-order valence-electron chi connectivity index (χ1n) is 8.37. The van der Waals surface area contributed by atoms with Gasteiger partial charge < -0.3 is 5.32 Å². The zero-order valence-corrected chi connectivity index (χ0v) is 17.4. The second-order valence-electron chi connectivity index (χ2n) is 7.05. The molecule has 0 saturated heterocycles. The number of rotatable bonds is 5. The van der Waals surface area contributed by atoms with Crippen molar-refractivity contribution in [3.63, 3.8) is 0 Å². The molecule has 3 rings (SSSR count). The summed E-state index contributed by atoms with van der Waals surface area (Å²) in [4.78, 5) is 24.3. The van der Waals surface area contributed by atoms with Crippen molar-refractivity contribution >= 4 is 55.1 Å². The molecule has 5 nitrogen and oxygen atoms in total. The second-order valence-corrected chi connectivity index (χ2v) is 10.8. The molecule has 0 heterocycles. The molecule has 2 N–H and O–H groups in total. The maximum Gasteiger partial charge on any atom is 0.248 e. The highest BCUT2D eigenvalue weighted by atomic mass is 79.9. The highest BCUT2D eigenvalue weighted by molar-refractivity contribution is 9.25. The number of carbonyl (C=O) groups excluding carboxylic acids is 2. The Morgan fingerprint density at radius 2 is 1.96 bits per heavy atom. The van der Waals surface area contributed by atoms with E-state index in [2.05, 4.69) is 47.7 Å². The number of nitrogens with one attached hydrogen (secondary N) is 2. The Morgan fingerprint density at radius 3 is 2.52 bits per heavy atom. The molecule has 2 amide bonds. The number of benzene rings is 1. The van der Waals surface area contributed by atoms with Crippen molar-refractivity contribution in [2.75, 3.05) is 5.32 Å². The normalized spacial score (nSPS) is 25.0. The molecule has 1 aromatic carbocycles. The van der Waals surface area contributed by atoms with Crippen LogP contribution in [0.25, 0.3) is 0 Å². The lowest BCUT2D eigenvalue weighted by atomic mass is 9.85. The van der Waals surface area contributed by atoms with Crippen LogP contribution in [0.3, 0.4) is 0 Å². The fraction of sp³-hybridized carbons (Fsp3) is 0.500. The summed E-state index contributed by atoms with van der Waals surface area (Å²) in [5.41, 5.74) is 4.43. The van der Waals surface area contributed by atoms with E-state index in [0.717, 1.165) is 30.5 Å². The lowest BCUT2D eigenvalue weighted by Gasteiger charge is -2.24. The van der Waals surface area contributed by atoms with Gasteiger partial charge in [0.2, 0.25) is 11.8 Å². The minimum atomic E-state index is -0.505. The van der Waals surface area contributed by atoms with E-state index in [1.165, 1.54) is 0 Å². The predicted octanol–water partition coefficient (Wildman–Crippen LogP) is 4.16. The summed E-state index contributed by atoms with van der Waals surface area (Å²) in [7, 11) is 0. The molecule has 0 aromatic heterocycles. The standard InChI is InChI=1S/C18H21Br2N3O2/c1-11(22-23-16(25)17(2)10-18(17,19)20)13-7-4-8-14(9-13)21-15(24)12-5-3-6-12/h4,7-9,12H,3,5-6,10H2,1-2H3,(H,21,24)(H,23,25)/b22-11-/t17-/m1/s1. The van der Waals surface area contributed by atoms with Crippen LogP contribution >= 0.6 is 31.9 Å². The summed E-state index contributed by atoms with van der Waals surface area (Å²) in [5.74, 6) is 0.0970. The van der Waals surface area contributed by atoms with Gasteiger partial charge in [0.25, 0.3) is 0 Å². The third-order valence-electron chi connectivity index (χ3n) is 5.11. The first-order chi connectivity index (χ1) is 11.7. The summed E-state index contributed by atoms with van der Waals surface area (Å²) in [6, 6.07) is 7.51. The molecule has 7 heteroatoms. The first-order valence-corrected chi connectivity index (χ1v) is 9.95. The number of nitrogens with zero attached hydrogens (tertiary/aromatic N) is 1. The van der Waals surface area contributed by atoms with Gasteiger partial charge in [-0.2, -0.15) is 5.10 Å². The Hall–Kier alpha value is -1.21. The van der Waals surface area contributed by atoms with Gasteiger partial charge in [0.15, 0.2) is 0 Å². The number of alkyl halides is 2. The zero-order valence-electron chi connectivity index (χ0n) is 14.2. The lowest BCUT2D eigenvalue weighted by Crippen LogP contribution is -2.30. The van der Waals surface area contributed by atoms with E-state index >= 15 is 0 Å². The monoisotopic (exact) mass is 469 g/mol. The van der Waals surface area contributed by atoms with Gasteiger partial charge in [0.1, 0.15) is 0 Å². The van der Waals surface area contributed by atoms with E-state index in [-0.39, 0.29) is 21.0 Å². The third-order valence-corrected chi connectivity index (χ3v) is 7.42. The van der Waals surface area contributed by atoms with Crippen LogP contribution in [-0.2, 0) is 9.59 Å². The minimum absolute atomic E-state index is 0.0823. The molecule has 2 aliphatic carbocycles. The smallest absolute Gasteiger partial charge is 0.248 e. The van der Waals surface area contributed by atoms with Crippen LogP contribution in [0.5, 0.6) is 0 Å². The van der Waals surface area contributed by atoms with Gasteiger partial charge >= 0.3 is 0 Å². The number of hydrazone groups is 1. The summed E-state index contributed by atoms with van der Waals surface area (Å²) in [6.45, 7) is 3.71. The van der Waals surface area contributed by atoms with E-state index in [4.69, 9.17) is 0 Å². The molecule has 2 saturated carbocycles. The summed E-state index contributed by atoms with van der Waals surface area (Å²) in [6.07, 6.45) is 3.79.